The molecule has 0 aromatic heterocycles. The molecule has 9 rings (SSSR count). The standard InChI is InChI=1S/C32H34BNO4/c1-19(35)23-16-30-10-11-32(23,36-2)29-31(30)12-13-34(17-20-8-9-20)26(30)14-22-24(33)15-25(28(38-29)27(22)31)37-18-21-6-4-3-5-7-21/h3-7,10-11,15,20,23,26,29H,8-9,12-14,16-18H2,1-2H3/t23-,26?,29-,30-,31+,32-/m0/s1. The van der Waals surface area contributed by atoms with E-state index in [1.54, 1.807) is 14.0 Å². The number of hydrogen-bond donors (Lipinski definition) is 0. The molecule has 2 aliphatic heterocycles. The predicted octanol–water partition coefficient (Wildman–Crippen LogP) is 3.65. The van der Waals surface area contributed by atoms with E-state index in [-0.39, 0.29) is 28.6 Å². The highest BCUT2D eigenvalue weighted by Gasteiger charge is 2.79. The van der Waals surface area contributed by atoms with E-state index in [0.29, 0.717) is 18.4 Å². The van der Waals surface area contributed by atoms with Gasteiger partial charge in [-0.3, -0.25) is 9.69 Å². The number of benzene rings is 2. The van der Waals surface area contributed by atoms with Crippen molar-refractivity contribution in [2.24, 2.45) is 17.3 Å². The molecule has 2 aromatic rings. The van der Waals surface area contributed by atoms with E-state index >= 15 is 0 Å². The fourth-order valence-electron chi connectivity index (χ4n) is 9.18. The summed E-state index contributed by atoms with van der Waals surface area (Å²) in [5.41, 5.74) is 3.08. The number of rotatable bonds is 7. The summed E-state index contributed by atoms with van der Waals surface area (Å²) in [6.45, 7) is 4.35. The molecule has 2 heterocycles. The zero-order valence-corrected chi connectivity index (χ0v) is 22.2. The summed E-state index contributed by atoms with van der Waals surface area (Å²) in [6, 6.07) is 12.5. The van der Waals surface area contributed by atoms with Gasteiger partial charge >= 0.3 is 0 Å². The van der Waals surface area contributed by atoms with E-state index in [2.05, 4.69) is 29.2 Å². The van der Waals surface area contributed by atoms with Crippen LogP contribution in [0.5, 0.6) is 11.5 Å². The average molecular weight is 507 g/mol. The van der Waals surface area contributed by atoms with E-state index in [9.17, 15) is 4.79 Å². The Morgan fingerprint density at radius 1 is 1.21 bits per heavy atom. The molecule has 6 atom stereocenters. The molecule has 6 heteroatoms. The molecule has 5 aliphatic carbocycles. The van der Waals surface area contributed by atoms with Crippen LogP contribution < -0.4 is 14.9 Å². The van der Waals surface area contributed by atoms with Gasteiger partial charge in [0.25, 0.3) is 0 Å². The van der Waals surface area contributed by atoms with Crippen molar-refractivity contribution in [3.8, 4) is 11.5 Å². The van der Waals surface area contributed by atoms with Gasteiger partial charge in [0.1, 0.15) is 31.9 Å². The van der Waals surface area contributed by atoms with Crippen LogP contribution in [0.2, 0.25) is 0 Å². The Morgan fingerprint density at radius 2 is 2.03 bits per heavy atom. The second-order valence-corrected chi connectivity index (χ2v) is 12.6. The van der Waals surface area contributed by atoms with Gasteiger partial charge in [-0.25, -0.2) is 0 Å². The van der Waals surface area contributed by atoms with Gasteiger partial charge in [-0.15, -0.1) is 0 Å². The normalized spacial score (nSPS) is 37.6. The van der Waals surface area contributed by atoms with Crippen molar-refractivity contribution < 1.29 is 19.0 Å². The average Bonchev–Trinajstić information content (AvgIpc) is 3.68. The molecule has 7 aliphatic rings. The third-order valence-corrected chi connectivity index (χ3v) is 11.0. The first-order chi connectivity index (χ1) is 18.4. The molecule has 2 radical (unpaired) electrons. The largest absolute Gasteiger partial charge is 0.485 e. The van der Waals surface area contributed by atoms with Crippen LogP contribution in [0, 0.1) is 17.3 Å². The van der Waals surface area contributed by atoms with Gasteiger partial charge in [0.2, 0.25) is 0 Å². The van der Waals surface area contributed by atoms with E-state index < -0.39 is 5.60 Å². The van der Waals surface area contributed by atoms with Crippen molar-refractivity contribution in [2.75, 3.05) is 20.2 Å². The lowest BCUT2D eigenvalue weighted by Gasteiger charge is -2.71. The maximum absolute atomic E-state index is 13.2. The maximum atomic E-state index is 13.2. The Bertz CT molecular complexity index is 1370. The molecule has 5 nitrogen and oxygen atoms in total. The van der Waals surface area contributed by atoms with Crippen LogP contribution in [0.3, 0.4) is 0 Å². The second-order valence-electron chi connectivity index (χ2n) is 12.6. The molecular weight excluding hydrogens is 473 g/mol. The summed E-state index contributed by atoms with van der Waals surface area (Å²) in [7, 11) is 8.60. The van der Waals surface area contributed by atoms with Crippen LogP contribution >= 0.6 is 0 Å². The second kappa shape index (κ2) is 7.76. The Balaban J connectivity index is 1.32. The molecule has 2 spiro atoms. The van der Waals surface area contributed by atoms with Gasteiger partial charge in [0.05, 0.1) is 11.3 Å². The number of fused-ring (bicyclic) bond motifs is 1. The van der Waals surface area contributed by atoms with Crippen molar-refractivity contribution in [1.82, 2.24) is 4.90 Å². The van der Waals surface area contributed by atoms with Crippen LogP contribution in [-0.4, -0.2) is 56.5 Å². The van der Waals surface area contributed by atoms with Gasteiger partial charge in [-0.1, -0.05) is 47.9 Å². The summed E-state index contributed by atoms with van der Waals surface area (Å²) >= 11 is 0. The quantitative estimate of drug-likeness (QED) is 0.423. The van der Waals surface area contributed by atoms with Crippen molar-refractivity contribution in [3.63, 3.8) is 0 Å². The lowest BCUT2D eigenvalue weighted by Crippen LogP contribution is -2.80. The van der Waals surface area contributed by atoms with Crippen molar-refractivity contribution in [2.45, 2.75) is 68.8 Å². The zero-order chi connectivity index (χ0) is 25.9. The highest BCUT2D eigenvalue weighted by atomic mass is 16.6. The van der Waals surface area contributed by atoms with Gasteiger partial charge in [-0.2, -0.15) is 0 Å². The monoisotopic (exact) mass is 507 g/mol. The molecule has 2 saturated carbocycles. The summed E-state index contributed by atoms with van der Waals surface area (Å²) in [6.07, 6.45) is 9.66. The van der Waals surface area contributed by atoms with Crippen LogP contribution in [0.15, 0.2) is 48.6 Å². The molecule has 0 amide bonds. The molecule has 1 unspecified atom stereocenters. The molecule has 194 valence electrons. The molecule has 3 fully saturated rings. The number of methoxy groups -OCH3 is 1. The lowest BCUT2D eigenvalue weighted by molar-refractivity contribution is -0.214. The number of nitrogens with zero attached hydrogens (tertiary/aromatic N) is 1. The van der Waals surface area contributed by atoms with Gasteiger partial charge in [0.15, 0.2) is 11.5 Å². The first-order valence-corrected chi connectivity index (χ1v) is 14.2. The Morgan fingerprint density at radius 3 is 2.76 bits per heavy atom. The minimum atomic E-state index is -0.796. The molecule has 38 heavy (non-hydrogen) atoms. The summed E-state index contributed by atoms with van der Waals surface area (Å²) in [5, 5.41) is 0. The molecule has 2 aromatic carbocycles. The zero-order valence-electron chi connectivity index (χ0n) is 22.2. The lowest BCUT2D eigenvalue weighted by atomic mass is 9.36. The Hall–Kier alpha value is -2.57. The van der Waals surface area contributed by atoms with E-state index in [1.165, 1.54) is 24.0 Å². The summed E-state index contributed by atoms with van der Waals surface area (Å²) < 4.78 is 19.9. The predicted molar refractivity (Wildman–Crippen MR) is 145 cm³/mol. The first kappa shape index (κ1) is 23.3. The fourth-order valence-corrected chi connectivity index (χ4v) is 9.18. The smallest absolute Gasteiger partial charge is 0.166 e. The minimum absolute atomic E-state index is 0.183. The number of ether oxygens (including phenoxy) is 3. The van der Waals surface area contributed by atoms with Crippen molar-refractivity contribution in [1.29, 1.82) is 0 Å². The van der Waals surface area contributed by atoms with Crippen LogP contribution in [0.4, 0.5) is 0 Å². The number of carbonyl (C=O) groups excluding carboxylic acids is 1. The van der Waals surface area contributed by atoms with Crippen molar-refractivity contribution >= 4 is 19.1 Å². The molecule has 1 saturated heterocycles. The number of piperidine rings is 1. The van der Waals surface area contributed by atoms with Crippen LogP contribution in [0.25, 0.3) is 0 Å². The van der Waals surface area contributed by atoms with Crippen molar-refractivity contribution in [3.05, 3.63) is 65.2 Å². The Kier molecular flexibility index (Phi) is 4.76. The Labute approximate surface area is 225 Å². The maximum Gasteiger partial charge on any atom is 0.166 e. The minimum Gasteiger partial charge on any atom is -0.485 e. The highest BCUT2D eigenvalue weighted by molar-refractivity contribution is 6.34. The number of Topliss-reactive ketones (excluding diaryl/α,β-unsaturated/α-hetero) is 1. The molecule has 0 N–H and O–H groups in total. The summed E-state index contributed by atoms with van der Waals surface area (Å²) in [4.78, 5) is 16.0. The van der Waals surface area contributed by atoms with E-state index in [1.807, 2.05) is 24.3 Å². The molecular formula is C32H34BNO4. The van der Waals surface area contributed by atoms with Gasteiger partial charge < -0.3 is 14.2 Å². The van der Waals surface area contributed by atoms with Gasteiger partial charge in [0, 0.05) is 30.7 Å². The third kappa shape index (κ3) is 2.73. The first-order valence-electron chi connectivity index (χ1n) is 14.2. The third-order valence-electron chi connectivity index (χ3n) is 11.0. The highest BCUT2D eigenvalue weighted by Crippen LogP contribution is 2.74. The number of hydrogen-bond acceptors (Lipinski definition) is 5. The number of ketones is 1. The summed E-state index contributed by atoms with van der Waals surface area (Å²) in [5.74, 6) is 2.27. The van der Waals surface area contributed by atoms with Gasteiger partial charge in [-0.05, 0) is 68.7 Å². The SMILES string of the molecule is [B]c1cc(OCc2ccccc2)c2c3c1CC1N(CC4CC4)CC[C@]34[C@H](O2)[C@]2(OC)C=C[C@]14C[C@H]2C(C)=O. The molecule has 4 bridgehead atoms. The fraction of sp³-hybridized carbons (Fsp3) is 0.531. The topological polar surface area (TPSA) is 48.0 Å². The number of likely N-dealkylation sites (tertiary alicyclic amines) is 1. The van der Waals surface area contributed by atoms with E-state index in [0.717, 1.165) is 55.0 Å². The number of carbonyl (C=O) groups is 1. The van der Waals surface area contributed by atoms with E-state index in [4.69, 9.17) is 22.1 Å². The van der Waals surface area contributed by atoms with Crippen LogP contribution in [0.1, 0.15) is 49.3 Å². The van der Waals surface area contributed by atoms with Crippen LogP contribution in [-0.2, 0) is 28.0 Å².